The monoisotopic (exact) mass is 456 g/mol. The second kappa shape index (κ2) is 7.96. The van der Waals surface area contributed by atoms with Gasteiger partial charge in [0.05, 0.1) is 11.9 Å². The molecule has 0 radical (unpaired) electrons. The molecule has 166 valence electrons. The van der Waals surface area contributed by atoms with Crippen LogP contribution in [0.2, 0.25) is 0 Å². The molecule has 0 bridgehead atoms. The molecule has 1 saturated heterocycles. The first-order chi connectivity index (χ1) is 14.6. The smallest absolute Gasteiger partial charge is 0.406 e. The molecule has 13 heteroatoms. The van der Waals surface area contributed by atoms with Gasteiger partial charge in [-0.25, -0.2) is 18.1 Å². The SMILES string of the molecule is CS(=O)(=O)NC1CCN(c2ccc3nnn(-c4cccc(OC(F)(F)F)c4)c3n2)CC1. The number of hydrogen-bond donors (Lipinski definition) is 1. The number of fused-ring (bicyclic) bond motifs is 1. The van der Waals surface area contributed by atoms with Crippen molar-refractivity contribution in [1.82, 2.24) is 24.7 Å². The maximum Gasteiger partial charge on any atom is 0.573 e. The lowest BCUT2D eigenvalue weighted by molar-refractivity contribution is -0.274. The normalized spacial score (nSPS) is 16.1. The third-order valence-electron chi connectivity index (χ3n) is 4.78. The Hall–Kier alpha value is -2.93. The van der Waals surface area contributed by atoms with E-state index in [1.165, 1.54) is 22.9 Å². The molecule has 9 nitrogen and oxygen atoms in total. The molecule has 1 aliphatic heterocycles. The maximum absolute atomic E-state index is 12.5. The number of nitrogens with zero attached hydrogens (tertiary/aromatic N) is 5. The van der Waals surface area contributed by atoms with Crippen LogP contribution in [0.4, 0.5) is 19.0 Å². The number of halogens is 3. The molecule has 4 rings (SSSR count). The van der Waals surface area contributed by atoms with Gasteiger partial charge in [-0.05, 0) is 37.1 Å². The lowest BCUT2D eigenvalue weighted by atomic mass is 10.1. The van der Waals surface area contributed by atoms with Gasteiger partial charge in [-0.1, -0.05) is 11.3 Å². The van der Waals surface area contributed by atoms with Crippen LogP contribution in [-0.4, -0.2) is 60.1 Å². The summed E-state index contributed by atoms with van der Waals surface area (Å²) in [5.41, 5.74) is 1.20. The van der Waals surface area contributed by atoms with Crippen LogP contribution >= 0.6 is 0 Å². The molecule has 1 aliphatic rings. The van der Waals surface area contributed by atoms with Crippen LogP contribution in [0.1, 0.15) is 12.8 Å². The molecule has 0 aliphatic carbocycles. The van der Waals surface area contributed by atoms with Crippen LogP contribution in [0.25, 0.3) is 16.9 Å². The van der Waals surface area contributed by atoms with E-state index < -0.39 is 16.4 Å². The zero-order chi connectivity index (χ0) is 22.2. The number of alkyl halides is 3. The zero-order valence-corrected chi connectivity index (χ0v) is 17.2. The fraction of sp³-hybridized carbons (Fsp3) is 0.389. The molecule has 0 atom stereocenters. The van der Waals surface area contributed by atoms with Crippen LogP contribution in [0.3, 0.4) is 0 Å². The minimum Gasteiger partial charge on any atom is -0.406 e. The molecule has 0 saturated carbocycles. The predicted octanol–water partition coefficient (Wildman–Crippen LogP) is 2.23. The van der Waals surface area contributed by atoms with Gasteiger partial charge in [0.2, 0.25) is 10.0 Å². The van der Waals surface area contributed by atoms with Crippen molar-refractivity contribution in [3.05, 3.63) is 36.4 Å². The van der Waals surface area contributed by atoms with Gasteiger partial charge in [-0.15, -0.1) is 18.3 Å². The van der Waals surface area contributed by atoms with Crippen LogP contribution < -0.4 is 14.4 Å². The first kappa shape index (κ1) is 21.3. The van der Waals surface area contributed by atoms with Crippen molar-refractivity contribution in [2.45, 2.75) is 25.2 Å². The number of hydrogen-bond acceptors (Lipinski definition) is 7. The molecule has 0 amide bonds. The molecule has 1 N–H and O–H groups in total. The van der Waals surface area contributed by atoms with Crippen molar-refractivity contribution in [2.75, 3.05) is 24.2 Å². The average molecular weight is 456 g/mol. The summed E-state index contributed by atoms with van der Waals surface area (Å²) in [6.45, 7) is 1.20. The molecule has 0 spiro atoms. The van der Waals surface area contributed by atoms with Crippen LogP contribution in [0.15, 0.2) is 36.4 Å². The molecule has 1 fully saturated rings. The number of sulfonamides is 1. The van der Waals surface area contributed by atoms with E-state index in [1.54, 1.807) is 18.2 Å². The Morgan fingerprint density at radius 3 is 2.58 bits per heavy atom. The summed E-state index contributed by atoms with van der Waals surface area (Å²) in [5, 5.41) is 8.04. The molecule has 3 aromatic rings. The molecule has 31 heavy (non-hydrogen) atoms. The highest BCUT2D eigenvalue weighted by atomic mass is 32.2. The maximum atomic E-state index is 12.5. The summed E-state index contributed by atoms with van der Waals surface area (Å²) in [4.78, 5) is 6.62. The Morgan fingerprint density at radius 1 is 1.16 bits per heavy atom. The summed E-state index contributed by atoms with van der Waals surface area (Å²) in [6.07, 6.45) is -2.41. The van der Waals surface area contributed by atoms with E-state index in [-0.39, 0.29) is 11.8 Å². The summed E-state index contributed by atoms with van der Waals surface area (Å²) in [6, 6.07) is 8.80. The van der Waals surface area contributed by atoms with Crippen molar-refractivity contribution >= 4 is 27.0 Å². The lowest BCUT2D eigenvalue weighted by Gasteiger charge is -2.32. The molecule has 0 unspecified atom stereocenters. The van der Waals surface area contributed by atoms with Crippen molar-refractivity contribution in [3.8, 4) is 11.4 Å². The number of anilines is 1. The van der Waals surface area contributed by atoms with Gasteiger partial charge in [-0.2, -0.15) is 4.68 Å². The van der Waals surface area contributed by atoms with Crippen molar-refractivity contribution < 1.29 is 26.3 Å². The second-order valence-corrected chi connectivity index (χ2v) is 8.99. The molecule has 3 heterocycles. The Kier molecular flexibility index (Phi) is 5.47. The van der Waals surface area contributed by atoms with Crippen molar-refractivity contribution in [1.29, 1.82) is 0 Å². The first-order valence-corrected chi connectivity index (χ1v) is 11.3. The molecular formula is C18H19F3N6O3S. The van der Waals surface area contributed by atoms with E-state index in [9.17, 15) is 21.6 Å². The Labute approximate surface area is 175 Å². The highest BCUT2D eigenvalue weighted by Crippen LogP contribution is 2.26. The van der Waals surface area contributed by atoms with Gasteiger partial charge < -0.3 is 9.64 Å². The van der Waals surface area contributed by atoms with Gasteiger partial charge in [0, 0.05) is 25.2 Å². The molecule has 1 aromatic carbocycles. The van der Waals surface area contributed by atoms with Crippen molar-refractivity contribution in [3.63, 3.8) is 0 Å². The van der Waals surface area contributed by atoms with Gasteiger partial charge >= 0.3 is 6.36 Å². The van der Waals surface area contributed by atoms with Gasteiger partial charge in [0.25, 0.3) is 0 Å². The Balaban J connectivity index is 1.57. The third-order valence-corrected chi connectivity index (χ3v) is 5.54. The minimum absolute atomic E-state index is 0.126. The summed E-state index contributed by atoms with van der Waals surface area (Å²) in [5.74, 6) is 0.279. The minimum atomic E-state index is -4.80. The standard InChI is InChI=1S/C18H19F3N6O3S/c1-31(28,29)24-12-7-9-26(10-8-12)16-6-5-15-17(22-16)27(25-23-15)13-3-2-4-14(11-13)30-18(19,20)21/h2-6,11-12,24H,7-10H2,1H3. The highest BCUT2D eigenvalue weighted by molar-refractivity contribution is 7.88. The zero-order valence-electron chi connectivity index (χ0n) is 16.4. The first-order valence-electron chi connectivity index (χ1n) is 9.38. The average Bonchev–Trinajstić information content (AvgIpc) is 3.09. The quantitative estimate of drug-likeness (QED) is 0.628. The summed E-state index contributed by atoms with van der Waals surface area (Å²) >= 11 is 0. The largest absolute Gasteiger partial charge is 0.573 e. The van der Waals surface area contributed by atoms with E-state index in [4.69, 9.17) is 0 Å². The fourth-order valence-electron chi connectivity index (χ4n) is 3.49. The van der Waals surface area contributed by atoms with Crippen molar-refractivity contribution in [2.24, 2.45) is 0 Å². The number of piperidine rings is 1. The summed E-state index contributed by atoms with van der Waals surface area (Å²) < 4.78 is 68.4. The lowest BCUT2D eigenvalue weighted by Crippen LogP contribution is -2.44. The van der Waals surface area contributed by atoms with Gasteiger partial charge in [0.15, 0.2) is 5.65 Å². The number of nitrogens with one attached hydrogen (secondary N) is 1. The number of rotatable bonds is 5. The van der Waals surface area contributed by atoms with Crippen LogP contribution in [0, 0.1) is 0 Å². The highest BCUT2D eigenvalue weighted by Gasteiger charge is 2.31. The molecule has 2 aromatic heterocycles. The Bertz CT molecular complexity index is 1190. The van der Waals surface area contributed by atoms with E-state index in [0.29, 0.717) is 48.6 Å². The van der Waals surface area contributed by atoms with Gasteiger partial charge in [-0.3, -0.25) is 0 Å². The van der Waals surface area contributed by atoms with E-state index in [2.05, 4.69) is 24.8 Å². The fourth-order valence-corrected chi connectivity index (χ4v) is 4.33. The third kappa shape index (κ3) is 5.22. The van der Waals surface area contributed by atoms with Crippen LogP contribution in [0.5, 0.6) is 5.75 Å². The predicted molar refractivity (Wildman–Crippen MR) is 107 cm³/mol. The van der Waals surface area contributed by atoms with E-state index in [0.717, 1.165) is 6.26 Å². The number of pyridine rings is 1. The van der Waals surface area contributed by atoms with E-state index in [1.807, 2.05) is 4.90 Å². The van der Waals surface area contributed by atoms with Gasteiger partial charge in [0.1, 0.15) is 17.1 Å². The summed E-state index contributed by atoms with van der Waals surface area (Å²) in [7, 11) is -3.26. The van der Waals surface area contributed by atoms with E-state index >= 15 is 0 Å². The second-order valence-electron chi connectivity index (χ2n) is 7.21. The topological polar surface area (TPSA) is 102 Å². The number of aromatic nitrogens is 4. The van der Waals surface area contributed by atoms with Crippen LogP contribution in [-0.2, 0) is 10.0 Å². The molecular weight excluding hydrogens is 437 g/mol. The Morgan fingerprint density at radius 2 is 1.90 bits per heavy atom. The number of ether oxygens (including phenoxy) is 1. The number of benzene rings is 1.